The quantitative estimate of drug-likeness (QED) is 0.631. The van der Waals surface area contributed by atoms with Gasteiger partial charge in [-0.2, -0.15) is 5.10 Å². The van der Waals surface area contributed by atoms with Gasteiger partial charge in [-0.3, -0.25) is 5.10 Å². The minimum absolute atomic E-state index is 0.447. The van der Waals surface area contributed by atoms with Crippen LogP contribution >= 0.6 is 0 Å². The van der Waals surface area contributed by atoms with Gasteiger partial charge in [-0.25, -0.2) is 4.39 Å². The first-order chi connectivity index (χ1) is 5.83. The van der Waals surface area contributed by atoms with E-state index in [-0.39, 0.29) is 0 Å². The molecule has 0 spiro atoms. The number of anilines is 1. The summed E-state index contributed by atoms with van der Waals surface area (Å²) in [6.07, 6.45) is 0. The van der Waals surface area contributed by atoms with Gasteiger partial charge in [0.05, 0.1) is 11.2 Å². The van der Waals surface area contributed by atoms with Crippen LogP contribution in [0, 0.1) is 0 Å². The summed E-state index contributed by atoms with van der Waals surface area (Å²) in [5.41, 5.74) is 7.37. The lowest BCUT2D eigenvalue weighted by Crippen LogP contribution is -1.87. The van der Waals surface area contributed by atoms with Gasteiger partial charge >= 0.3 is 0 Å². The molecule has 2 rings (SSSR count). The number of H-pyrrole nitrogens is 1. The van der Waals surface area contributed by atoms with Gasteiger partial charge in [0.2, 0.25) is 0 Å². The van der Waals surface area contributed by atoms with Gasteiger partial charge in [0.15, 0.2) is 0 Å². The molecule has 0 radical (unpaired) electrons. The van der Waals surface area contributed by atoms with Crippen molar-refractivity contribution in [3.05, 3.63) is 23.9 Å². The SMILES string of the molecule is Nc1cccc2n[nH]c(CF)c12. The predicted molar refractivity (Wildman–Crippen MR) is 45.3 cm³/mol. The maximum atomic E-state index is 12.3. The maximum Gasteiger partial charge on any atom is 0.132 e. The lowest BCUT2D eigenvalue weighted by atomic mass is 10.2. The van der Waals surface area contributed by atoms with Crippen molar-refractivity contribution >= 4 is 16.6 Å². The summed E-state index contributed by atoms with van der Waals surface area (Å²) in [7, 11) is 0. The Morgan fingerprint density at radius 3 is 3.08 bits per heavy atom. The van der Waals surface area contributed by atoms with E-state index < -0.39 is 6.67 Å². The number of alkyl halides is 1. The topological polar surface area (TPSA) is 54.7 Å². The van der Waals surface area contributed by atoms with E-state index in [0.717, 1.165) is 0 Å². The van der Waals surface area contributed by atoms with E-state index in [1.54, 1.807) is 18.2 Å². The van der Waals surface area contributed by atoms with Crippen LogP contribution in [0.15, 0.2) is 18.2 Å². The molecule has 0 bridgehead atoms. The highest BCUT2D eigenvalue weighted by Gasteiger charge is 2.06. The second kappa shape index (κ2) is 2.48. The minimum atomic E-state index is -0.565. The highest BCUT2D eigenvalue weighted by atomic mass is 19.1. The number of nitrogens with one attached hydrogen (secondary N) is 1. The fraction of sp³-hybridized carbons (Fsp3) is 0.125. The fourth-order valence-corrected chi connectivity index (χ4v) is 1.26. The number of aromatic amines is 1. The van der Waals surface area contributed by atoms with E-state index in [9.17, 15) is 4.39 Å². The van der Waals surface area contributed by atoms with Gasteiger partial charge in [0.1, 0.15) is 6.67 Å². The van der Waals surface area contributed by atoms with Crippen molar-refractivity contribution in [1.82, 2.24) is 10.2 Å². The number of halogens is 1. The molecule has 62 valence electrons. The molecule has 0 saturated heterocycles. The molecule has 0 amide bonds. The van der Waals surface area contributed by atoms with Crippen molar-refractivity contribution in [1.29, 1.82) is 0 Å². The molecule has 1 aromatic heterocycles. The Kier molecular flexibility index (Phi) is 1.46. The molecule has 0 fully saturated rings. The van der Waals surface area contributed by atoms with Crippen LogP contribution < -0.4 is 5.73 Å². The van der Waals surface area contributed by atoms with Gasteiger partial charge in [-0.15, -0.1) is 0 Å². The van der Waals surface area contributed by atoms with Crippen LogP contribution in [0.4, 0.5) is 10.1 Å². The number of nitrogens with two attached hydrogens (primary N) is 1. The Hall–Kier alpha value is -1.58. The van der Waals surface area contributed by atoms with Crippen LogP contribution in [0.25, 0.3) is 10.9 Å². The molecule has 3 N–H and O–H groups in total. The van der Waals surface area contributed by atoms with Crippen molar-refractivity contribution in [3.63, 3.8) is 0 Å². The normalized spacial score (nSPS) is 10.8. The lowest BCUT2D eigenvalue weighted by Gasteiger charge is -1.94. The van der Waals surface area contributed by atoms with E-state index in [1.807, 2.05) is 0 Å². The summed E-state index contributed by atoms with van der Waals surface area (Å²) in [5.74, 6) is 0. The average Bonchev–Trinajstić information content (AvgIpc) is 2.49. The second-order valence-corrected chi connectivity index (χ2v) is 2.58. The maximum absolute atomic E-state index is 12.3. The minimum Gasteiger partial charge on any atom is -0.398 e. The van der Waals surface area contributed by atoms with Crippen molar-refractivity contribution < 1.29 is 4.39 Å². The largest absolute Gasteiger partial charge is 0.398 e. The highest BCUT2D eigenvalue weighted by molar-refractivity contribution is 5.92. The Balaban J connectivity index is 2.83. The number of nitrogens with zero attached hydrogens (tertiary/aromatic N) is 1. The number of fused-ring (bicyclic) bond motifs is 1. The summed E-state index contributed by atoms with van der Waals surface area (Å²) in [4.78, 5) is 0. The number of rotatable bonds is 1. The predicted octanol–water partition coefficient (Wildman–Crippen LogP) is 1.61. The number of benzene rings is 1. The molecule has 3 nitrogen and oxygen atoms in total. The third-order valence-electron chi connectivity index (χ3n) is 1.82. The first-order valence-electron chi connectivity index (χ1n) is 3.60. The van der Waals surface area contributed by atoms with Gasteiger partial charge in [0.25, 0.3) is 0 Å². The molecule has 4 heteroatoms. The zero-order chi connectivity index (χ0) is 8.55. The Morgan fingerprint density at radius 2 is 2.33 bits per heavy atom. The van der Waals surface area contributed by atoms with Gasteiger partial charge in [-0.1, -0.05) is 6.07 Å². The summed E-state index contributed by atoms with van der Waals surface area (Å²) >= 11 is 0. The van der Waals surface area contributed by atoms with E-state index in [2.05, 4.69) is 10.2 Å². The molecule has 1 heterocycles. The van der Waals surface area contributed by atoms with Crippen LogP contribution in [-0.2, 0) is 6.67 Å². The smallest absolute Gasteiger partial charge is 0.132 e. The number of hydrogen-bond donors (Lipinski definition) is 2. The number of aromatic nitrogens is 2. The molecule has 12 heavy (non-hydrogen) atoms. The average molecular weight is 165 g/mol. The third-order valence-corrected chi connectivity index (χ3v) is 1.82. The van der Waals surface area contributed by atoms with E-state index in [1.165, 1.54) is 0 Å². The molecule has 0 unspecified atom stereocenters. The zero-order valence-corrected chi connectivity index (χ0v) is 6.34. The molecule has 0 aliphatic rings. The van der Waals surface area contributed by atoms with E-state index >= 15 is 0 Å². The van der Waals surface area contributed by atoms with E-state index in [0.29, 0.717) is 22.3 Å². The van der Waals surface area contributed by atoms with Crippen LogP contribution in [0.5, 0.6) is 0 Å². The number of nitrogen functional groups attached to an aromatic ring is 1. The van der Waals surface area contributed by atoms with Crippen molar-refractivity contribution in [2.24, 2.45) is 0 Å². The standard InChI is InChI=1S/C8H8FN3/c9-4-7-8-5(10)2-1-3-6(8)11-12-7/h1-3H,4,10H2,(H,11,12). The van der Waals surface area contributed by atoms with Crippen LogP contribution in [0.1, 0.15) is 5.69 Å². The van der Waals surface area contributed by atoms with Gasteiger partial charge < -0.3 is 5.73 Å². The monoisotopic (exact) mass is 165 g/mol. The van der Waals surface area contributed by atoms with Crippen molar-refractivity contribution in [2.45, 2.75) is 6.67 Å². The van der Waals surface area contributed by atoms with Crippen LogP contribution in [0.3, 0.4) is 0 Å². The first kappa shape index (κ1) is 7.09. The summed E-state index contributed by atoms with van der Waals surface area (Å²) in [6, 6.07) is 5.32. The third kappa shape index (κ3) is 0.845. The Morgan fingerprint density at radius 1 is 1.50 bits per heavy atom. The summed E-state index contributed by atoms with van der Waals surface area (Å²) in [6.45, 7) is -0.565. The van der Waals surface area contributed by atoms with Crippen molar-refractivity contribution in [3.8, 4) is 0 Å². The molecule has 0 aliphatic heterocycles. The summed E-state index contributed by atoms with van der Waals surface area (Å²) < 4.78 is 12.3. The van der Waals surface area contributed by atoms with Crippen LogP contribution in [-0.4, -0.2) is 10.2 Å². The van der Waals surface area contributed by atoms with Gasteiger partial charge in [-0.05, 0) is 12.1 Å². The Bertz CT molecular complexity index is 408. The van der Waals surface area contributed by atoms with Crippen molar-refractivity contribution in [2.75, 3.05) is 5.73 Å². The molecule has 0 atom stereocenters. The molecule has 2 aromatic rings. The second-order valence-electron chi connectivity index (χ2n) is 2.58. The first-order valence-corrected chi connectivity index (χ1v) is 3.60. The van der Waals surface area contributed by atoms with Crippen LogP contribution in [0.2, 0.25) is 0 Å². The lowest BCUT2D eigenvalue weighted by molar-refractivity contribution is 0.477. The fourth-order valence-electron chi connectivity index (χ4n) is 1.26. The molecule has 1 aromatic carbocycles. The van der Waals surface area contributed by atoms with E-state index in [4.69, 9.17) is 5.73 Å². The highest BCUT2D eigenvalue weighted by Crippen LogP contribution is 2.22. The Labute approximate surface area is 68.4 Å². The molecule has 0 aliphatic carbocycles. The molecule has 0 saturated carbocycles. The zero-order valence-electron chi connectivity index (χ0n) is 6.34. The summed E-state index contributed by atoms with van der Waals surface area (Å²) in [5, 5.41) is 7.20. The molecular formula is C8H8FN3. The van der Waals surface area contributed by atoms with Gasteiger partial charge in [0, 0.05) is 11.1 Å². The number of hydrogen-bond acceptors (Lipinski definition) is 2. The molecular weight excluding hydrogens is 157 g/mol.